The Labute approximate surface area is 119 Å². The second kappa shape index (κ2) is 8.43. The summed E-state index contributed by atoms with van der Waals surface area (Å²) < 4.78 is 1.57. The highest BCUT2D eigenvalue weighted by molar-refractivity contribution is 5.73. The fourth-order valence-corrected chi connectivity index (χ4v) is 1.60. The lowest BCUT2D eigenvalue weighted by molar-refractivity contribution is 0.280. The van der Waals surface area contributed by atoms with E-state index in [1.807, 2.05) is 0 Å². The van der Waals surface area contributed by atoms with Gasteiger partial charge in [-0.2, -0.15) is 0 Å². The molecule has 0 spiro atoms. The van der Waals surface area contributed by atoms with Gasteiger partial charge >= 0.3 is 0 Å². The van der Waals surface area contributed by atoms with Crippen molar-refractivity contribution in [3.63, 3.8) is 0 Å². The number of aliphatic hydroxyl groups is 1. The average molecular weight is 277 g/mol. The summed E-state index contributed by atoms with van der Waals surface area (Å²) in [6.07, 6.45) is 4.88. The Morgan fingerprint density at radius 3 is 2.55 bits per heavy atom. The van der Waals surface area contributed by atoms with Gasteiger partial charge in [-0.25, -0.2) is 9.97 Å². The van der Waals surface area contributed by atoms with Crippen LogP contribution in [0.2, 0.25) is 0 Å². The highest BCUT2D eigenvalue weighted by Gasteiger charge is 2.04. The van der Waals surface area contributed by atoms with Gasteiger partial charge in [0, 0.05) is 30.8 Å². The van der Waals surface area contributed by atoms with Gasteiger partial charge in [0.15, 0.2) is 0 Å². The molecular formula is C15H23N3O2. The molecule has 0 aliphatic rings. The van der Waals surface area contributed by atoms with E-state index in [2.05, 4.69) is 23.8 Å². The van der Waals surface area contributed by atoms with Gasteiger partial charge in [0.25, 0.3) is 5.56 Å². The standard InChI is InChI=1S/C11H13N3O2.C4H10/c1-8-12-7-9-3-4-10(16)14(5-2-6-15)11(9)13-8;1-3-4-2/h3-4,7,15H,2,5-6H2,1H3;3-4H2,1-2H3. The van der Waals surface area contributed by atoms with Crippen molar-refractivity contribution in [2.45, 2.75) is 46.6 Å². The lowest BCUT2D eigenvalue weighted by Crippen LogP contribution is -2.21. The van der Waals surface area contributed by atoms with Crippen LogP contribution in [0.15, 0.2) is 23.1 Å². The van der Waals surface area contributed by atoms with Crippen LogP contribution >= 0.6 is 0 Å². The van der Waals surface area contributed by atoms with Gasteiger partial charge < -0.3 is 5.11 Å². The smallest absolute Gasteiger partial charge is 0.252 e. The Morgan fingerprint density at radius 1 is 1.25 bits per heavy atom. The van der Waals surface area contributed by atoms with E-state index in [-0.39, 0.29) is 12.2 Å². The van der Waals surface area contributed by atoms with E-state index in [9.17, 15) is 4.79 Å². The minimum Gasteiger partial charge on any atom is -0.396 e. The van der Waals surface area contributed by atoms with E-state index in [4.69, 9.17) is 5.11 Å². The molecule has 0 radical (unpaired) electrons. The zero-order valence-electron chi connectivity index (χ0n) is 12.5. The molecule has 0 atom stereocenters. The highest BCUT2D eigenvalue weighted by atomic mass is 16.3. The Kier molecular flexibility index (Phi) is 6.87. The molecule has 0 aromatic carbocycles. The van der Waals surface area contributed by atoms with Gasteiger partial charge in [0.2, 0.25) is 0 Å². The second-order valence-electron chi connectivity index (χ2n) is 4.60. The number of pyridine rings is 1. The summed E-state index contributed by atoms with van der Waals surface area (Å²) in [5.74, 6) is 0.635. The molecule has 2 heterocycles. The summed E-state index contributed by atoms with van der Waals surface area (Å²) in [6.45, 7) is 6.68. The SMILES string of the molecule is CCCC.Cc1ncc2ccc(=O)n(CCCO)c2n1. The number of unbranched alkanes of at least 4 members (excludes halogenated alkanes) is 1. The van der Waals surface area contributed by atoms with E-state index in [0.717, 1.165) is 5.39 Å². The van der Waals surface area contributed by atoms with Crippen molar-refractivity contribution in [1.82, 2.24) is 14.5 Å². The number of nitrogens with zero attached hydrogens (tertiary/aromatic N) is 3. The molecular weight excluding hydrogens is 254 g/mol. The van der Waals surface area contributed by atoms with Crippen LogP contribution in [0.4, 0.5) is 0 Å². The third-order valence-electron chi connectivity index (χ3n) is 2.88. The Morgan fingerprint density at radius 2 is 1.95 bits per heavy atom. The van der Waals surface area contributed by atoms with Gasteiger partial charge in [-0.15, -0.1) is 0 Å². The first kappa shape index (κ1) is 16.3. The molecule has 0 saturated heterocycles. The predicted octanol–water partition coefficient (Wildman–Crippen LogP) is 2.29. The van der Waals surface area contributed by atoms with Crippen molar-refractivity contribution in [2.75, 3.05) is 6.61 Å². The molecule has 0 saturated carbocycles. The van der Waals surface area contributed by atoms with E-state index >= 15 is 0 Å². The van der Waals surface area contributed by atoms with E-state index < -0.39 is 0 Å². The second-order valence-corrected chi connectivity index (χ2v) is 4.60. The van der Waals surface area contributed by atoms with Crippen molar-refractivity contribution in [2.24, 2.45) is 0 Å². The van der Waals surface area contributed by atoms with Crippen LogP contribution in [0.5, 0.6) is 0 Å². The van der Waals surface area contributed by atoms with Crippen molar-refractivity contribution in [1.29, 1.82) is 0 Å². The minimum absolute atomic E-state index is 0.0624. The first-order chi connectivity index (χ1) is 9.63. The van der Waals surface area contributed by atoms with Crippen molar-refractivity contribution in [3.05, 3.63) is 34.5 Å². The topological polar surface area (TPSA) is 68.0 Å². The number of aryl methyl sites for hydroxylation is 2. The third kappa shape index (κ3) is 4.42. The van der Waals surface area contributed by atoms with Crippen molar-refractivity contribution < 1.29 is 5.11 Å². The van der Waals surface area contributed by atoms with Crippen LogP contribution in [0.1, 0.15) is 38.9 Å². The maximum atomic E-state index is 11.7. The zero-order chi connectivity index (χ0) is 15.0. The summed E-state index contributed by atoms with van der Waals surface area (Å²) in [4.78, 5) is 20.0. The largest absolute Gasteiger partial charge is 0.396 e. The number of hydrogen-bond donors (Lipinski definition) is 1. The minimum atomic E-state index is -0.0981. The average Bonchev–Trinajstić information content (AvgIpc) is 2.46. The van der Waals surface area contributed by atoms with Crippen LogP contribution in [-0.4, -0.2) is 26.2 Å². The summed E-state index contributed by atoms with van der Waals surface area (Å²) in [5, 5.41) is 9.63. The molecule has 0 fully saturated rings. The maximum Gasteiger partial charge on any atom is 0.252 e. The molecule has 1 N–H and O–H groups in total. The first-order valence-electron chi connectivity index (χ1n) is 7.08. The summed E-state index contributed by atoms with van der Waals surface area (Å²) in [7, 11) is 0. The highest BCUT2D eigenvalue weighted by Crippen LogP contribution is 2.08. The lowest BCUT2D eigenvalue weighted by Gasteiger charge is -2.08. The summed E-state index contributed by atoms with van der Waals surface area (Å²) in [5.41, 5.74) is 0.535. The molecule has 2 aromatic rings. The predicted molar refractivity (Wildman–Crippen MR) is 80.8 cm³/mol. The molecule has 20 heavy (non-hydrogen) atoms. The van der Waals surface area contributed by atoms with Crippen molar-refractivity contribution in [3.8, 4) is 0 Å². The Bertz CT molecular complexity index is 591. The molecule has 110 valence electrons. The summed E-state index contributed by atoms with van der Waals surface area (Å²) in [6, 6.07) is 3.21. The monoisotopic (exact) mass is 277 g/mol. The van der Waals surface area contributed by atoms with Crippen LogP contribution in [0.25, 0.3) is 11.0 Å². The normalized spacial score (nSPS) is 10.2. The van der Waals surface area contributed by atoms with Crippen LogP contribution in [0, 0.1) is 6.92 Å². The number of aliphatic hydroxyl groups excluding tert-OH is 1. The Hall–Kier alpha value is -1.75. The molecule has 2 aromatic heterocycles. The van der Waals surface area contributed by atoms with E-state index in [1.54, 1.807) is 23.8 Å². The molecule has 2 rings (SSSR count). The fourth-order valence-electron chi connectivity index (χ4n) is 1.60. The zero-order valence-corrected chi connectivity index (χ0v) is 12.5. The molecule has 0 unspecified atom stereocenters. The van der Waals surface area contributed by atoms with Gasteiger partial charge in [0.05, 0.1) is 0 Å². The fraction of sp³-hybridized carbons (Fsp3) is 0.533. The molecule has 0 aliphatic heterocycles. The molecule has 0 bridgehead atoms. The van der Waals surface area contributed by atoms with Gasteiger partial charge in [0.1, 0.15) is 11.5 Å². The van der Waals surface area contributed by atoms with Crippen LogP contribution in [0.3, 0.4) is 0 Å². The molecule has 0 amide bonds. The molecule has 5 nitrogen and oxygen atoms in total. The maximum absolute atomic E-state index is 11.7. The molecule has 0 aliphatic carbocycles. The van der Waals surface area contributed by atoms with Gasteiger partial charge in [-0.1, -0.05) is 26.7 Å². The Balaban J connectivity index is 0.000000444. The number of fused-ring (bicyclic) bond motifs is 1. The number of aromatic nitrogens is 3. The van der Waals surface area contributed by atoms with Gasteiger partial charge in [-0.05, 0) is 19.4 Å². The first-order valence-corrected chi connectivity index (χ1v) is 7.08. The van der Waals surface area contributed by atoms with E-state index in [0.29, 0.717) is 24.4 Å². The van der Waals surface area contributed by atoms with Crippen LogP contribution in [-0.2, 0) is 6.54 Å². The third-order valence-corrected chi connectivity index (χ3v) is 2.88. The number of rotatable bonds is 4. The number of hydrogen-bond acceptors (Lipinski definition) is 4. The van der Waals surface area contributed by atoms with E-state index in [1.165, 1.54) is 18.9 Å². The van der Waals surface area contributed by atoms with Crippen LogP contribution < -0.4 is 5.56 Å². The molecule has 5 heteroatoms. The lowest BCUT2D eigenvalue weighted by atomic mass is 10.3. The summed E-state index contributed by atoms with van der Waals surface area (Å²) >= 11 is 0. The van der Waals surface area contributed by atoms with Gasteiger partial charge in [-0.3, -0.25) is 9.36 Å². The quantitative estimate of drug-likeness (QED) is 0.931. The van der Waals surface area contributed by atoms with Crippen molar-refractivity contribution >= 4 is 11.0 Å².